The number of aromatic nitrogens is 2. The summed E-state index contributed by atoms with van der Waals surface area (Å²) in [6.45, 7) is 1.96. The minimum Gasteiger partial charge on any atom is -0.481 e. The van der Waals surface area contributed by atoms with E-state index in [0.717, 1.165) is 4.47 Å². The van der Waals surface area contributed by atoms with Gasteiger partial charge in [0.05, 0.1) is 4.92 Å². The topological polar surface area (TPSA) is 103 Å². The van der Waals surface area contributed by atoms with Gasteiger partial charge in [0.2, 0.25) is 0 Å². The molecule has 1 unspecified atom stereocenters. The Bertz CT molecular complexity index is 881. The Hall–Kier alpha value is -2.94. The number of hydrogen-bond donors (Lipinski definition) is 1. The summed E-state index contributed by atoms with van der Waals surface area (Å²) in [5.41, 5.74) is 0.614. The van der Waals surface area contributed by atoms with Crippen molar-refractivity contribution >= 4 is 33.3 Å². The molecule has 0 saturated heterocycles. The Kier molecular flexibility index (Phi) is 5.47. The number of hydrogen-bond acceptors (Lipinski definition) is 7. The normalized spacial score (nSPS) is 11.8. The third kappa shape index (κ3) is 4.37. The number of ether oxygens (including phenoxy) is 1. The predicted octanol–water partition coefficient (Wildman–Crippen LogP) is 5.01. The van der Waals surface area contributed by atoms with Crippen LogP contribution in [0.25, 0.3) is 0 Å². The lowest BCUT2D eigenvalue weighted by Crippen LogP contribution is -2.06. The minimum atomic E-state index is -0.458. The average molecular weight is 419 g/mol. The third-order valence-electron chi connectivity index (χ3n) is 3.51. The Balaban J connectivity index is 1.69. The quantitative estimate of drug-likeness (QED) is 0.424. The molecule has 3 aromatic rings. The van der Waals surface area contributed by atoms with Gasteiger partial charge in [0, 0.05) is 22.3 Å². The predicted molar refractivity (Wildman–Crippen MR) is 98.5 cm³/mol. The van der Waals surface area contributed by atoms with Crippen molar-refractivity contribution in [1.29, 1.82) is 0 Å². The van der Waals surface area contributed by atoms with Crippen molar-refractivity contribution in [2.45, 2.75) is 19.4 Å². The molecule has 134 valence electrons. The van der Waals surface area contributed by atoms with Crippen molar-refractivity contribution in [2.75, 3.05) is 5.32 Å². The van der Waals surface area contributed by atoms with Gasteiger partial charge < -0.3 is 14.5 Å². The van der Waals surface area contributed by atoms with E-state index in [1.165, 1.54) is 12.1 Å². The lowest BCUT2D eigenvalue weighted by atomic mass is 10.2. The summed E-state index contributed by atoms with van der Waals surface area (Å²) in [6, 6.07) is 13.6. The SMILES string of the molecule is CCC(Oc1ccc(Br)cc1)c1nnc(Nc2ccc([N+](=O)[O-])cc2)o1. The van der Waals surface area contributed by atoms with Gasteiger partial charge in [-0.2, -0.15) is 0 Å². The lowest BCUT2D eigenvalue weighted by Gasteiger charge is -2.13. The first kappa shape index (κ1) is 17.9. The molecule has 9 heteroatoms. The monoisotopic (exact) mass is 418 g/mol. The molecule has 0 aliphatic carbocycles. The molecule has 1 heterocycles. The smallest absolute Gasteiger partial charge is 0.320 e. The maximum Gasteiger partial charge on any atom is 0.320 e. The molecule has 3 rings (SSSR count). The summed E-state index contributed by atoms with van der Waals surface area (Å²) in [4.78, 5) is 10.2. The fourth-order valence-corrected chi connectivity index (χ4v) is 2.46. The number of non-ortho nitro benzene ring substituents is 1. The van der Waals surface area contributed by atoms with E-state index in [0.29, 0.717) is 23.7 Å². The van der Waals surface area contributed by atoms with E-state index in [9.17, 15) is 10.1 Å². The van der Waals surface area contributed by atoms with Gasteiger partial charge >= 0.3 is 6.01 Å². The molecule has 0 saturated carbocycles. The second-order valence-electron chi connectivity index (χ2n) is 5.34. The molecule has 1 atom stereocenters. The zero-order valence-corrected chi connectivity index (χ0v) is 15.3. The van der Waals surface area contributed by atoms with Crippen LogP contribution >= 0.6 is 15.9 Å². The van der Waals surface area contributed by atoms with Crippen LogP contribution < -0.4 is 10.1 Å². The number of rotatable bonds is 7. The first-order valence-electron chi connectivity index (χ1n) is 7.82. The third-order valence-corrected chi connectivity index (χ3v) is 4.04. The summed E-state index contributed by atoms with van der Waals surface area (Å²) >= 11 is 3.38. The lowest BCUT2D eigenvalue weighted by molar-refractivity contribution is -0.384. The maximum absolute atomic E-state index is 10.7. The van der Waals surface area contributed by atoms with Gasteiger partial charge in [0.1, 0.15) is 5.75 Å². The van der Waals surface area contributed by atoms with Crippen LogP contribution in [0.2, 0.25) is 0 Å². The highest BCUT2D eigenvalue weighted by Crippen LogP contribution is 2.27. The van der Waals surface area contributed by atoms with Gasteiger partial charge in [-0.05, 0) is 42.8 Å². The molecule has 1 N–H and O–H groups in total. The zero-order chi connectivity index (χ0) is 18.5. The van der Waals surface area contributed by atoms with E-state index in [1.807, 2.05) is 31.2 Å². The van der Waals surface area contributed by atoms with Gasteiger partial charge in [-0.15, -0.1) is 5.10 Å². The van der Waals surface area contributed by atoms with Crippen LogP contribution in [0.5, 0.6) is 5.75 Å². The number of benzene rings is 2. The standard InChI is InChI=1S/C17H15BrN4O4/c1-2-15(25-14-9-3-11(18)4-10-14)16-20-21-17(26-16)19-12-5-7-13(8-6-12)22(23)24/h3-10,15H,2H2,1H3,(H,19,21). The number of nitro groups is 1. The van der Waals surface area contributed by atoms with E-state index in [2.05, 4.69) is 31.4 Å². The number of nitrogens with zero attached hydrogens (tertiary/aromatic N) is 3. The number of nitro benzene ring substituents is 1. The first-order chi connectivity index (χ1) is 12.5. The summed E-state index contributed by atoms with van der Waals surface area (Å²) < 4.78 is 12.5. The van der Waals surface area contributed by atoms with Gasteiger partial charge in [-0.3, -0.25) is 10.1 Å². The average Bonchev–Trinajstić information content (AvgIpc) is 3.10. The Morgan fingerprint density at radius 1 is 1.19 bits per heavy atom. The summed E-state index contributed by atoms with van der Waals surface area (Å²) in [7, 11) is 0. The highest BCUT2D eigenvalue weighted by Gasteiger charge is 2.19. The zero-order valence-electron chi connectivity index (χ0n) is 13.8. The van der Waals surface area contributed by atoms with E-state index < -0.39 is 4.92 Å². The molecule has 0 spiro atoms. The van der Waals surface area contributed by atoms with Crippen LogP contribution in [0.4, 0.5) is 17.4 Å². The van der Waals surface area contributed by atoms with Gasteiger partial charge in [0.25, 0.3) is 11.6 Å². The molecular weight excluding hydrogens is 404 g/mol. The van der Waals surface area contributed by atoms with E-state index in [1.54, 1.807) is 12.1 Å². The van der Waals surface area contributed by atoms with Crippen molar-refractivity contribution < 1.29 is 14.1 Å². The van der Waals surface area contributed by atoms with Crippen LogP contribution in [0.15, 0.2) is 57.4 Å². The summed E-state index contributed by atoms with van der Waals surface area (Å²) in [6.07, 6.45) is 0.269. The van der Waals surface area contributed by atoms with Gasteiger partial charge in [-0.25, -0.2) is 0 Å². The molecule has 0 fully saturated rings. The van der Waals surface area contributed by atoms with Crippen molar-refractivity contribution in [1.82, 2.24) is 10.2 Å². The molecular formula is C17H15BrN4O4. The summed E-state index contributed by atoms with van der Waals surface area (Å²) in [5.74, 6) is 1.04. The molecule has 1 aromatic heterocycles. The van der Waals surface area contributed by atoms with Crippen LogP contribution in [-0.2, 0) is 0 Å². The second kappa shape index (κ2) is 7.96. The number of anilines is 2. The van der Waals surface area contributed by atoms with Gasteiger partial charge in [-0.1, -0.05) is 28.0 Å². The highest BCUT2D eigenvalue weighted by molar-refractivity contribution is 9.10. The number of halogens is 1. The van der Waals surface area contributed by atoms with Crippen LogP contribution in [0.1, 0.15) is 25.3 Å². The van der Waals surface area contributed by atoms with E-state index in [4.69, 9.17) is 9.15 Å². The maximum atomic E-state index is 10.7. The van der Waals surface area contributed by atoms with E-state index in [-0.39, 0.29) is 17.8 Å². The molecule has 2 aromatic carbocycles. The van der Waals surface area contributed by atoms with Crippen molar-refractivity contribution in [2.24, 2.45) is 0 Å². The molecule has 0 radical (unpaired) electrons. The van der Waals surface area contributed by atoms with Crippen molar-refractivity contribution in [3.8, 4) is 5.75 Å². The molecule has 26 heavy (non-hydrogen) atoms. The van der Waals surface area contributed by atoms with E-state index >= 15 is 0 Å². The second-order valence-corrected chi connectivity index (χ2v) is 6.26. The van der Waals surface area contributed by atoms with Gasteiger partial charge in [0.15, 0.2) is 6.10 Å². The molecule has 0 aliphatic heterocycles. The van der Waals surface area contributed by atoms with Crippen molar-refractivity contribution in [3.63, 3.8) is 0 Å². The van der Waals surface area contributed by atoms with Crippen LogP contribution in [-0.4, -0.2) is 15.1 Å². The Morgan fingerprint density at radius 3 is 2.50 bits per heavy atom. The first-order valence-corrected chi connectivity index (χ1v) is 8.61. The fourth-order valence-electron chi connectivity index (χ4n) is 2.19. The highest BCUT2D eigenvalue weighted by atomic mass is 79.9. The molecule has 0 amide bonds. The number of nitrogens with one attached hydrogen (secondary N) is 1. The Labute approximate surface area is 157 Å². The summed E-state index contributed by atoms with van der Waals surface area (Å²) in [5, 5.41) is 21.6. The van der Waals surface area contributed by atoms with Crippen LogP contribution in [0, 0.1) is 10.1 Å². The Morgan fingerprint density at radius 2 is 1.88 bits per heavy atom. The minimum absolute atomic E-state index is 0.00992. The van der Waals surface area contributed by atoms with Crippen molar-refractivity contribution in [3.05, 3.63) is 69.0 Å². The molecule has 8 nitrogen and oxygen atoms in total. The molecule has 0 bridgehead atoms. The fraction of sp³-hybridized carbons (Fsp3) is 0.176. The largest absolute Gasteiger partial charge is 0.481 e. The van der Waals surface area contributed by atoms with Crippen LogP contribution in [0.3, 0.4) is 0 Å². The molecule has 0 aliphatic rings.